The molecule has 2 heterocycles. The molecule has 1 aliphatic rings. The van der Waals surface area contributed by atoms with Gasteiger partial charge in [-0.05, 0) is 31.0 Å². The first-order valence-corrected chi connectivity index (χ1v) is 7.25. The average molecular weight is 320 g/mol. The zero-order valence-electron chi connectivity index (χ0n) is 12.6. The molecule has 122 valence electrons. The summed E-state index contributed by atoms with van der Waals surface area (Å²) in [6.07, 6.45) is 2.55. The van der Waals surface area contributed by atoms with Crippen LogP contribution in [0.15, 0.2) is 24.4 Å². The van der Waals surface area contributed by atoms with Gasteiger partial charge in [-0.3, -0.25) is 4.79 Å². The van der Waals surface area contributed by atoms with Gasteiger partial charge in [-0.25, -0.2) is 4.39 Å². The number of methoxy groups -OCH3 is 1. The van der Waals surface area contributed by atoms with Gasteiger partial charge >= 0.3 is 0 Å². The van der Waals surface area contributed by atoms with Gasteiger partial charge < -0.3 is 14.7 Å². The number of likely N-dealkylation sites (tertiary alicyclic amines) is 1. The topological polar surface area (TPSA) is 91.3 Å². The second-order valence-electron chi connectivity index (χ2n) is 5.57. The Morgan fingerprint density at radius 2 is 2.35 bits per heavy atom. The van der Waals surface area contributed by atoms with E-state index in [1.807, 2.05) is 0 Å². The van der Waals surface area contributed by atoms with Crippen molar-refractivity contribution in [2.75, 3.05) is 20.2 Å². The number of carbonyl (C=O) groups is 1. The molecule has 1 amide bonds. The number of hydrogen-bond acceptors (Lipinski definition) is 5. The van der Waals surface area contributed by atoms with E-state index in [-0.39, 0.29) is 23.8 Å². The van der Waals surface area contributed by atoms with Gasteiger partial charge in [-0.2, -0.15) is 15.4 Å². The minimum absolute atomic E-state index is 0.0827. The molecule has 23 heavy (non-hydrogen) atoms. The van der Waals surface area contributed by atoms with Gasteiger partial charge in [0.15, 0.2) is 11.6 Å². The number of aromatic amines is 1. The number of carbonyl (C=O) groups excluding carboxylic acids is 1. The summed E-state index contributed by atoms with van der Waals surface area (Å²) in [6, 6.07) is 4.06. The lowest BCUT2D eigenvalue weighted by Crippen LogP contribution is -2.48. The minimum atomic E-state index is -1.24. The Balaban J connectivity index is 1.81. The molecule has 7 nitrogen and oxygen atoms in total. The van der Waals surface area contributed by atoms with E-state index in [0.717, 1.165) is 6.07 Å². The fourth-order valence-electron chi connectivity index (χ4n) is 2.83. The first-order valence-electron chi connectivity index (χ1n) is 7.25. The van der Waals surface area contributed by atoms with E-state index >= 15 is 0 Å². The summed E-state index contributed by atoms with van der Waals surface area (Å²) in [5.41, 5.74) is -0.630. The second-order valence-corrected chi connectivity index (χ2v) is 5.57. The van der Waals surface area contributed by atoms with E-state index in [1.165, 1.54) is 30.3 Å². The van der Waals surface area contributed by atoms with Crippen molar-refractivity contribution in [1.82, 2.24) is 20.3 Å². The van der Waals surface area contributed by atoms with Gasteiger partial charge in [-0.15, -0.1) is 0 Å². The molecule has 3 rings (SSSR count). The van der Waals surface area contributed by atoms with E-state index in [9.17, 15) is 14.3 Å². The van der Waals surface area contributed by atoms with E-state index in [2.05, 4.69) is 15.4 Å². The molecule has 1 aromatic carbocycles. The van der Waals surface area contributed by atoms with Crippen LogP contribution in [0.3, 0.4) is 0 Å². The number of aliphatic hydroxyl groups is 1. The summed E-state index contributed by atoms with van der Waals surface area (Å²) in [6.45, 7) is 0.582. The lowest BCUT2D eigenvalue weighted by atomic mass is 9.89. The van der Waals surface area contributed by atoms with E-state index in [0.29, 0.717) is 25.1 Å². The van der Waals surface area contributed by atoms with Gasteiger partial charge in [0.25, 0.3) is 5.91 Å². The summed E-state index contributed by atoms with van der Waals surface area (Å²) in [5, 5.41) is 20.8. The summed E-state index contributed by atoms with van der Waals surface area (Å²) < 4.78 is 18.6. The molecule has 1 atom stereocenters. The Bertz CT molecular complexity index is 707. The first-order chi connectivity index (χ1) is 11.0. The lowest BCUT2D eigenvalue weighted by Gasteiger charge is -2.38. The Morgan fingerprint density at radius 3 is 3.00 bits per heavy atom. The number of ether oxygens (including phenoxy) is 1. The monoisotopic (exact) mass is 320 g/mol. The molecular formula is C15H17FN4O3. The van der Waals surface area contributed by atoms with Crippen molar-refractivity contribution in [1.29, 1.82) is 0 Å². The molecule has 8 heteroatoms. The van der Waals surface area contributed by atoms with Crippen molar-refractivity contribution in [3.63, 3.8) is 0 Å². The average Bonchev–Trinajstić information content (AvgIpc) is 3.09. The van der Waals surface area contributed by atoms with Crippen LogP contribution in [0.5, 0.6) is 5.75 Å². The highest BCUT2D eigenvalue weighted by Gasteiger charge is 2.39. The van der Waals surface area contributed by atoms with Crippen LogP contribution in [0.2, 0.25) is 0 Å². The summed E-state index contributed by atoms with van der Waals surface area (Å²) >= 11 is 0. The molecule has 1 fully saturated rings. The predicted molar refractivity (Wildman–Crippen MR) is 78.4 cm³/mol. The highest BCUT2D eigenvalue weighted by atomic mass is 19.1. The van der Waals surface area contributed by atoms with Crippen LogP contribution in [-0.4, -0.2) is 51.5 Å². The Kier molecular flexibility index (Phi) is 3.99. The van der Waals surface area contributed by atoms with Crippen LogP contribution in [0.25, 0.3) is 0 Å². The Hall–Kier alpha value is -2.48. The normalized spacial score (nSPS) is 21.3. The SMILES string of the molecule is COc1ccc(C(=O)N2CCCC(O)(c3cn[nH]n3)C2)cc1F. The number of piperidine rings is 1. The maximum absolute atomic E-state index is 13.8. The zero-order valence-corrected chi connectivity index (χ0v) is 12.6. The van der Waals surface area contributed by atoms with Gasteiger partial charge in [0.1, 0.15) is 11.3 Å². The van der Waals surface area contributed by atoms with Crippen LogP contribution in [-0.2, 0) is 5.60 Å². The van der Waals surface area contributed by atoms with Crippen molar-refractivity contribution < 1.29 is 19.0 Å². The van der Waals surface area contributed by atoms with Crippen LogP contribution in [0.1, 0.15) is 28.9 Å². The predicted octanol–water partition coefficient (Wildman–Crippen LogP) is 1.08. The van der Waals surface area contributed by atoms with Gasteiger partial charge in [0, 0.05) is 12.1 Å². The van der Waals surface area contributed by atoms with Crippen LogP contribution in [0.4, 0.5) is 4.39 Å². The molecule has 1 saturated heterocycles. The van der Waals surface area contributed by atoms with E-state index in [4.69, 9.17) is 4.74 Å². The van der Waals surface area contributed by atoms with E-state index in [1.54, 1.807) is 0 Å². The molecule has 1 aliphatic heterocycles. The van der Waals surface area contributed by atoms with Gasteiger partial charge in [0.05, 0.1) is 19.9 Å². The highest BCUT2D eigenvalue weighted by Crippen LogP contribution is 2.30. The number of β-amino-alcohol motifs (C(OH)–C–C–N with tert-alkyl or cyclic N) is 1. The molecule has 1 unspecified atom stereocenters. The summed E-state index contributed by atoms with van der Waals surface area (Å²) in [5.74, 6) is -0.852. The maximum atomic E-state index is 13.8. The third-order valence-electron chi connectivity index (χ3n) is 4.05. The van der Waals surface area contributed by atoms with Crippen LogP contribution >= 0.6 is 0 Å². The fourth-order valence-corrected chi connectivity index (χ4v) is 2.83. The summed E-state index contributed by atoms with van der Waals surface area (Å²) in [7, 11) is 1.36. The molecule has 2 N–H and O–H groups in total. The highest BCUT2D eigenvalue weighted by molar-refractivity contribution is 5.94. The standard InChI is InChI=1S/C15H17FN4O3/c1-23-12-4-3-10(7-11(12)16)14(21)20-6-2-5-15(22,9-20)13-8-17-19-18-13/h3-4,7-8,22H,2,5-6,9H2,1H3,(H,17,18,19). The number of benzene rings is 1. The van der Waals surface area contributed by atoms with Crippen molar-refractivity contribution in [3.05, 3.63) is 41.5 Å². The number of hydrogen-bond donors (Lipinski definition) is 2. The number of amides is 1. The third kappa shape index (κ3) is 2.89. The van der Waals surface area contributed by atoms with Crippen LogP contribution < -0.4 is 4.74 Å². The second kappa shape index (κ2) is 5.96. The fraction of sp³-hybridized carbons (Fsp3) is 0.400. The molecule has 0 radical (unpaired) electrons. The number of nitrogens with one attached hydrogen (secondary N) is 1. The largest absolute Gasteiger partial charge is 0.494 e. The zero-order chi connectivity index (χ0) is 16.4. The third-order valence-corrected chi connectivity index (χ3v) is 4.05. The number of nitrogens with zero attached hydrogens (tertiary/aromatic N) is 3. The number of halogens is 1. The van der Waals surface area contributed by atoms with Crippen LogP contribution in [0, 0.1) is 5.82 Å². The Labute approximate surface area is 132 Å². The molecular weight excluding hydrogens is 303 g/mol. The molecule has 0 spiro atoms. The molecule has 1 aromatic heterocycles. The molecule has 0 saturated carbocycles. The van der Waals surface area contributed by atoms with Crippen molar-refractivity contribution in [2.45, 2.75) is 18.4 Å². The lowest BCUT2D eigenvalue weighted by molar-refractivity contribution is -0.0320. The summed E-state index contributed by atoms with van der Waals surface area (Å²) in [4.78, 5) is 14.1. The first kappa shape index (κ1) is 15.4. The molecule has 2 aromatic rings. The molecule has 0 aliphatic carbocycles. The Morgan fingerprint density at radius 1 is 1.52 bits per heavy atom. The quantitative estimate of drug-likeness (QED) is 0.883. The number of aromatic nitrogens is 3. The number of H-pyrrole nitrogens is 1. The maximum Gasteiger partial charge on any atom is 0.254 e. The minimum Gasteiger partial charge on any atom is -0.494 e. The molecule has 0 bridgehead atoms. The van der Waals surface area contributed by atoms with Crippen molar-refractivity contribution >= 4 is 5.91 Å². The van der Waals surface area contributed by atoms with Gasteiger partial charge in [-0.1, -0.05) is 0 Å². The van der Waals surface area contributed by atoms with E-state index < -0.39 is 11.4 Å². The number of rotatable bonds is 3. The van der Waals surface area contributed by atoms with Crippen molar-refractivity contribution in [2.24, 2.45) is 0 Å². The smallest absolute Gasteiger partial charge is 0.254 e. The van der Waals surface area contributed by atoms with Crippen molar-refractivity contribution in [3.8, 4) is 5.75 Å². The van der Waals surface area contributed by atoms with Gasteiger partial charge in [0.2, 0.25) is 0 Å².